The zero-order valence-corrected chi connectivity index (χ0v) is 17.6. The number of anilines is 1. The summed E-state index contributed by atoms with van der Waals surface area (Å²) >= 11 is 0. The Hall–Kier alpha value is -3.37. The van der Waals surface area contributed by atoms with Gasteiger partial charge < -0.3 is 10.5 Å². The van der Waals surface area contributed by atoms with Crippen LogP contribution in [-0.4, -0.2) is 11.1 Å². The summed E-state index contributed by atoms with van der Waals surface area (Å²) in [7, 11) is 0. The van der Waals surface area contributed by atoms with E-state index >= 15 is 0 Å². The number of fused-ring (bicyclic) bond motifs is 2. The van der Waals surface area contributed by atoms with Crippen molar-refractivity contribution in [1.29, 1.82) is 0 Å². The molecule has 1 aliphatic heterocycles. The molecule has 3 N–H and O–H groups in total. The van der Waals surface area contributed by atoms with Gasteiger partial charge >= 0.3 is 5.97 Å². The Morgan fingerprint density at radius 2 is 1.61 bits per heavy atom. The van der Waals surface area contributed by atoms with Crippen molar-refractivity contribution < 1.29 is 9.90 Å². The third-order valence-corrected chi connectivity index (χ3v) is 6.45. The SMILES string of the molecule is CC/C(=C(/c1ccc2c(c1)CC(C(=O)O)C2)c1ccc2c(c1)CNN2)c1ccccc1. The van der Waals surface area contributed by atoms with Crippen molar-refractivity contribution in [3.05, 3.63) is 100 Å². The first kappa shape index (κ1) is 19.6. The molecular formula is C27H26N2O2. The largest absolute Gasteiger partial charge is 0.481 e. The van der Waals surface area contributed by atoms with Crippen LogP contribution in [-0.2, 0) is 24.2 Å². The molecule has 0 spiro atoms. The summed E-state index contributed by atoms with van der Waals surface area (Å²) < 4.78 is 0. The van der Waals surface area contributed by atoms with Crippen LogP contribution >= 0.6 is 0 Å². The highest BCUT2D eigenvalue weighted by molar-refractivity contribution is 5.99. The van der Waals surface area contributed by atoms with E-state index in [0.29, 0.717) is 12.8 Å². The smallest absolute Gasteiger partial charge is 0.307 e. The molecule has 1 unspecified atom stereocenters. The third-order valence-electron chi connectivity index (χ3n) is 6.45. The summed E-state index contributed by atoms with van der Waals surface area (Å²) in [6.45, 7) is 3.00. The number of rotatable bonds is 5. The number of carboxylic acid groups (broad SMARTS) is 1. The highest BCUT2D eigenvalue weighted by atomic mass is 16.4. The predicted octanol–water partition coefficient (Wildman–Crippen LogP) is 5.29. The second-order valence-corrected chi connectivity index (χ2v) is 8.35. The van der Waals surface area contributed by atoms with Gasteiger partial charge in [0.1, 0.15) is 0 Å². The zero-order valence-electron chi connectivity index (χ0n) is 17.6. The Morgan fingerprint density at radius 3 is 2.35 bits per heavy atom. The minimum absolute atomic E-state index is 0.311. The van der Waals surface area contributed by atoms with Gasteiger partial charge in [0, 0.05) is 6.54 Å². The first-order valence-corrected chi connectivity index (χ1v) is 10.9. The van der Waals surface area contributed by atoms with Crippen LogP contribution in [0.25, 0.3) is 11.1 Å². The fourth-order valence-corrected chi connectivity index (χ4v) is 4.88. The quantitative estimate of drug-likeness (QED) is 0.501. The van der Waals surface area contributed by atoms with Crippen molar-refractivity contribution in [2.24, 2.45) is 5.92 Å². The fraction of sp³-hybridized carbons (Fsp3) is 0.222. The average molecular weight is 411 g/mol. The van der Waals surface area contributed by atoms with Crippen LogP contribution in [0.4, 0.5) is 5.69 Å². The summed E-state index contributed by atoms with van der Waals surface area (Å²) in [4.78, 5) is 11.5. The van der Waals surface area contributed by atoms with Gasteiger partial charge in [0.05, 0.1) is 11.6 Å². The van der Waals surface area contributed by atoms with Crippen LogP contribution in [0.2, 0.25) is 0 Å². The molecule has 0 saturated carbocycles. The molecule has 31 heavy (non-hydrogen) atoms. The first-order chi connectivity index (χ1) is 15.1. The van der Waals surface area contributed by atoms with Crippen molar-refractivity contribution in [2.75, 3.05) is 5.43 Å². The normalized spacial score (nSPS) is 17.5. The second-order valence-electron chi connectivity index (χ2n) is 8.35. The Balaban J connectivity index is 1.68. The van der Waals surface area contributed by atoms with Crippen molar-refractivity contribution in [3.8, 4) is 0 Å². The van der Waals surface area contributed by atoms with Gasteiger partial charge in [-0.05, 0) is 75.9 Å². The minimum atomic E-state index is -0.703. The number of hydrogen-bond acceptors (Lipinski definition) is 3. The Bertz CT molecular complexity index is 1180. The number of carboxylic acids is 1. The van der Waals surface area contributed by atoms with Crippen molar-refractivity contribution in [1.82, 2.24) is 5.43 Å². The van der Waals surface area contributed by atoms with Gasteiger partial charge in [0.2, 0.25) is 0 Å². The Labute approximate surface area is 182 Å². The van der Waals surface area contributed by atoms with Gasteiger partial charge in [0.25, 0.3) is 0 Å². The molecule has 0 aromatic heterocycles. The molecule has 0 amide bonds. The molecule has 0 saturated heterocycles. The van der Waals surface area contributed by atoms with Crippen LogP contribution in [0.5, 0.6) is 0 Å². The molecular weight excluding hydrogens is 384 g/mol. The minimum Gasteiger partial charge on any atom is -0.481 e. The lowest BCUT2D eigenvalue weighted by atomic mass is 9.86. The maximum absolute atomic E-state index is 11.5. The van der Waals surface area contributed by atoms with E-state index < -0.39 is 5.97 Å². The van der Waals surface area contributed by atoms with Crippen LogP contribution < -0.4 is 10.9 Å². The van der Waals surface area contributed by atoms with E-state index in [4.69, 9.17) is 0 Å². The maximum atomic E-state index is 11.5. The van der Waals surface area contributed by atoms with E-state index in [1.807, 2.05) is 6.07 Å². The van der Waals surface area contributed by atoms with Crippen molar-refractivity contribution in [2.45, 2.75) is 32.7 Å². The third kappa shape index (κ3) is 3.64. The van der Waals surface area contributed by atoms with Crippen LogP contribution in [0.1, 0.15) is 46.7 Å². The summed E-state index contributed by atoms with van der Waals surface area (Å²) in [5.74, 6) is -1.01. The highest BCUT2D eigenvalue weighted by Gasteiger charge is 2.28. The van der Waals surface area contributed by atoms with Crippen LogP contribution in [0.15, 0.2) is 66.7 Å². The molecule has 3 aromatic carbocycles. The van der Waals surface area contributed by atoms with Gasteiger partial charge in [-0.25, -0.2) is 5.43 Å². The number of aliphatic carboxylic acids is 1. The predicted molar refractivity (Wildman–Crippen MR) is 125 cm³/mol. The lowest BCUT2D eigenvalue weighted by molar-refractivity contribution is -0.141. The molecule has 4 heteroatoms. The number of carbonyl (C=O) groups is 1. The number of allylic oxidation sites excluding steroid dienone is 1. The topological polar surface area (TPSA) is 61.4 Å². The monoisotopic (exact) mass is 410 g/mol. The van der Waals surface area contributed by atoms with E-state index in [1.165, 1.54) is 27.8 Å². The summed E-state index contributed by atoms with van der Waals surface area (Å²) in [5.41, 5.74) is 17.2. The van der Waals surface area contributed by atoms with E-state index in [1.54, 1.807) is 0 Å². The molecule has 2 aliphatic rings. The van der Waals surface area contributed by atoms with Gasteiger partial charge in [-0.1, -0.05) is 61.5 Å². The van der Waals surface area contributed by atoms with Gasteiger partial charge in [0.15, 0.2) is 0 Å². The molecule has 5 rings (SSSR count). The summed E-state index contributed by atoms with van der Waals surface area (Å²) in [5, 5.41) is 9.49. The van der Waals surface area contributed by atoms with E-state index in [-0.39, 0.29) is 5.92 Å². The molecule has 0 bridgehead atoms. The Kier molecular flexibility index (Phi) is 5.08. The molecule has 4 nitrogen and oxygen atoms in total. The van der Waals surface area contributed by atoms with Crippen molar-refractivity contribution in [3.63, 3.8) is 0 Å². The lowest BCUT2D eigenvalue weighted by Crippen LogP contribution is -2.12. The van der Waals surface area contributed by atoms with Crippen molar-refractivity contribution >= 4 is 22.8 Å². The van der Waals surface area contributed by atoms with Gasteiger partial charge in [-0.3, -0.25) is 4.79 Å². The molecule has 0 fully saturated rings. The second kappa shape index (κ2) is 8.05. The Morgan fingerprint density at radius 1 is 0.903 bits per heavy atom. The van der Waals surface area contributed by atoms with E-state index in [0.717, 1.165) is 35.3 Å². The highest BCUT2D eigenvalue weighted by Crippen LogP contribution is 2.38. The fourth-order valence-electron chi connectivity index (χ4n) is 4.88. The maximum Gasteiger partial charge on any atom is 0.307 e. The lowest BCUT2D eigenvalue weighted by Gasteiger charge is -2.18. The number of nitrogens with one attached hydrogen (secondary N) is 2. The average Bonchev–Trinajstić information content (AvgIpc) is 3.44. The number of benzene rings is 3. The van der Waals surface area contributed by atoms with E-state index in [9.17, 15) is 9.90 Å². The van der Waals surface area contributed by atoms with Gasteiger partial charge in [-0.2, -0.15) is 0 Å². The number of hydrogen-bond donors (Lipinski definition) is 3. The van der Waals surface area contributed by atoms with Crippen LogP contribution in [0.3, 0.4) is 0 Å². The number of hydrazine groups is 1. The first-order valence-electron chi connectivity index (χ1n) is 10.9. The molecule has 156 valence electrons. The van der Waals surface area contributed by atoms with Gasteiger partial charge in [-0.15, -0.1) is 0 Å². The van der Waals surface area contributed by atoms with E-state index in [2.05, 4.69) is 78.4 Å². The molecule has 3 aromatic rings. The summed E-state index contributed by atoms with van der Waals surface area (Å²) in [6, 6.07) is 23.6. The molecule has 1 aliphatic carbocycles. The van der Waals surface area contributed by atoms with Crippen LogP contribution in [0, 0.1) is 5.92 Å². The summed E-state index contributed by atoms with van der Waals surface area (Å²) in [6.07, 6.45) is 2.14. The molecule has 0 radical (unpaired) electrons. The molecule has 1 atom stereocenters. The standard InChI is InChI=1S/C27H26N2O2/c1-2-24(17-6-4-3-5-7-17)26(20-10-11-25-23(14-20)16-28-29-25)19-9-8-18-12-22(27(30)31)15-21(18)13-19/h3-11,13-14,22,28-29H,2,12,15-16H2,1H3,(H,30,31)/b26-24+. The molecule has 1 heterocycles. The zero-order chi connectivity index (χ0) is 21.4.